The second-order valence-electron chi connectivity index (χ2n) is 8.00. The zero-order chi connectivity index (χ0) is 26.4. The molecule has 37 heavy (non-hydrogen) atoms. The fraction of sp³-hybridized carbons (Fsp3) is 0.231. The van der Waals surface area contributed by atoms with Crippen LogP contribution < -0.4 is 9.47 Å². The molecule has 8 nitrogen and oxygen atoms in total. The molecule has 4 aromatic rings. The van der Waals surface area contributed by atoms with E-state index in [-0.39, 0.29) is 18.1 Å². The van der Waals surface area contributed by atoms with Gasteiger partial charge in [-0.15, -0.1) is 10.2 Å². The van der Waals surface area contributed by atoms with E-state index in [2.05, 4.69) is 26.1 Å². The zero-order valence-electron chi connectivity index (χ0n) is 20.1. The Labute approximate surface area is 232 Å². The van der Waals surface area contributed by atoms with E-state index in [1.807, 2.05) is 73.0 Å². The highest BCUT2D eigenvalue weighted by molar-refractivity contribution is 9.10. The first-order valence-corrected chi connectivity index (χ1v) is 13.5. The summed E-state index contributed by atoms with van der Waals surface area (Å²) in [6, 6.07) is 20.7. The topological polar surface area (TPSA) is 92.3 Å². The van der Waals surface area contributed by atoms with Crippen LogP contribution in [0.15, 0.2) is 76.4 Å². The van der Waals surface area contributed by atoms with E-state index in [0.717, 1.165) is 11.3 Å². The van der Waals surface area contributed by atoms with Gasteiger partial charge in [-0.2, -0.15) is 0 Å². The number of nitro groups is 1. The second-order valence-corrected chi connectivity index (χ2v) is 10.5. The van der Waals surface area contributed by atoms with Crippen LogP contribution in [0, 0.1) is 17.0 Å². The summed E-state index contributed by atoms with van der Waals surface area (Å²) in [5, 5.41) is 20.8. The molecule has 0 unspecified atom stereocenters. The van der Waals surface area contributed by atoms with Crippen molar-refractivity contribution in [2.45, 2.75) is 30.9 Å². The van der Waals surface area contributed by atoms with Crippen LogP contribution in [0.1, 0.15) is 29.1 Å². The van der Waals surface area contributed by atoms with Gasteiger partial charge < -0.3 is 9.47 Å². The molecule has 0 spiro atoms. The normalized spacial score (nSPS) is 11.8. The van der Waals surface area contributed by atoms with Gasteiger partial charge in [0.2, 0.25) is 6.54 Å². The van der Waals surface area contributed by atoms with E-state index in [0.29, 0.717) is 44.1 Å². The van der Waals surface area contributed by atoms with Crippen molar-refractivity contribution in [3.8, 4) is 17.2 Å². The van der Waals surface area contributed by atoms with Crippen LogP contribution in [0.2, 0.25) is 5.02 Å². The highest BCUT2D eigenvalue weighted by Crippen LogP contribution is 2.43. The lowest BCUT2D eigenvalue weighted by molar-refractivity contribution is -0.479. The lowest BCUT2D eigenvalue weighted by Gasteiger charge is -2.19. The molecule has 0 radical (unpaired) electrons. The summed E-state index contributed by atoms with van der Waals surface area (Å²) in [4.78, 5) is 11.3. The van der Waals surface area contributed by atoms with Crippen molar-refractivity contribution in [3.63, 3.8) is 0 Å². The van der Waals surface area contributed by atoms with Gasteiger partial charge in [0.05, 0.1) is 11.1 Å². The van der Waals surface area contributed by atoms with E-state index >= 15 is 0 Å². The number of halogens is 2. The molecular weight excluding hydrogens is 580 g/mol. The first kappa shape index (κ1) is 27.0. The van der Waals surface area contributed by atoms with Crippen molar-refractivity contribution < 1.29 is 14.4 Å². The Kier molecular flexibility index (Phi) is 9.07. The molecule has 0 amide bonds. The van der Waals surface area contributed by atoms with Crippen molar-refractivity contribution >= 4 is 39.3 Å². The summed E-state index contributed by atoms with van der Waals surface area (Å²) in [5.41, 5.74) is 2.49. The molecule has 0 N–H and O–H groups in total. The minimum absolute atomic E-state index is 0.283. The number of aromatic nitrogens is 3. The van der Waals surface area contributed by atoms with E-state index < -0.39 is 5.25 Å². The molecule has 0 aliphatic heterocycles. The number of rotatable bonds is 11. The van der Waals surface area contributed by atoms with Crippen LogP contribution in [-0.2, 0) is 6.61 Å². The van der Waals surface area contributed by atoms with Crippen LogP contribution in [0.4, 0.5) is 0 Å². The van der Waals surface area contributed by atoms with Gasteiger partial charge in [0.1, 0.15) is 17.7 Å². The summed E-state index contributed by atoms with van der Waals surface area (Å²) in [5.74, 6) is 1.69. The second kappa shape index (κ2) is 12.4. The molecule has 0 aliphatic carbocycles. The van der Waals surface area contributed by atoms with Gasteiger partial charge in [-0.25, -0.2) is 0 Å². The van der Waals surface area contributed by atoms with Crippen LogP contribution in [0.3, 0.4) is 0 Å². The summed E-state index contributed by atoms with van der Waals surface area (Å²) in [7, 11) is 0. The fourth-order valence-corrected chi connectivity index (χ4v) is 5.67. The Bertz CT molecular complexity index is 1390. The third-order valence-electron chi connectivity index (χ3n) is 5.35. The summed E-state index contributed by atoms with van der Waals surface area (Å²) < 4.78 is 14.5. The van der Waals surface area contributed by atoms with Gasteiger partial charge in [-0.05, 0) is 77.3 Å². The molecule has 0 fully saturated rings. The Morgan fingerprint density at radius 2 is 1.89 bits per heavy atom. The van der Waals surface area contributed by atoms with Gasteiger partial charge in [-0.3, -0.25) is 14.7 Å². The molecule has 0 saturated heterocycles. The fourth-order valence-electron chi connectivity index (χ4n) is 3.73. The number of aryl methyl sites for hydroxylation is 1. The molecule has 11 heteroatoms. The van der Waals surface area contributed by atoms with E-state index in [1.54, 1.807) is 12.1 Å². The van der Waals surface area contributed by atoms with E-state index in [4.69, 9.17) is 21.1 Å². The van der Waals surface area contributed by atoms with Crippen LogP contribution >= 0.6 is 39.3 Å². The largest absolute Gasteiger partial charge is 0.490 e. The van der Waals surface area contributed by atoms with Gasteiger partial charge >= 0.3 is 0 Å². The summed E-state index contributed by atoms with van der Waals surface area (Å²) >= 11 is 11.0. The van der Waals surface area contributed by atoms with Crippen molar-refractivity contribution in [1.82, 2.24) is 14.8 Å². The number of nitrogens with zero attached hydrogens (tertiary/aromatic N) is 4. The first-order valence-electron chi connectivity index (χ1n) is 11.4. The average molecular weight is 604 g/mol. The minimum Gasteiger partial charge on any atom is -0.490 e. The van der Waals surface area contributed by atoms with E-state index in [1.165, 1.54) is 11.8 Å². The molecular formula is C26H24BrClN4O4S. The molecule has 192 valence electrons. The molecule has 0 aliphatic rings. The van der Waals surface area contributed by atoms with Crippen molar-refractivity contribution in [1.29, 1.82) is 0 Å². The lowest BCUT2D eigenvalue weighted by Crippen LogP contribution is -2.12. The SMILES string of the molecule is CCOc1cc([C@@H](C[N+](=O)[O-])Sc2nnc(C)n2-c2ccccc2)cc(Br)c1OCc1cccc(Cl)c1. The maximum absolute atomic E-state index is 11.7. The number of ether oxygens (including phenoxy) is 2. The monoisotopic (exact) mass is 602 g/mol. The van der Waals surface area contributed by atoms with Crippen molar-refractivity contribution in [2.24, 2.45) is 0 Å². The van der Waals surface area contributed by atoms with Crippen LogP contribution in [-0.4, -0.2) is 32.8 Å². The number of benzene rings is 3. The average Bonchev–Trinajstić information content (AvgIpc) is 3.23. The molecule has 1 atom stereocenters. The quantitative estimate of drug-likeness (QED) is 0.103. The molecule has 1 heterocycles. The Morgan fingerprint density at radius 1 is 1.11 bits per heavy atom. The Morgan fingerprint density at radius 3 is 2.59 bits per heavy atom. The van der Waals surface area contributed by atoms with Crippen molar-refractivity contribution in [3.05, 3.63) is 103 Å². The molecule has 0 saturated carbocycles. The smallest absolute Gasteiger partial charge is 0.220 e. The minimum atomic E-state index is -0.557. The number of para-hydroxylation sites is 1. The number of hydrogen-bond acceptors (Lipinski definition) is 7. The standard InChI is InChI=1S/C26H24BrClN4O4S/c1-3-35-23-14-19(13-22(27)25(23)36-16-18-8-7-9-20(28)12-18)24(15-31(33)34)37-26-30-29-17(2)32(26)21-10-5-4-6-11-21/h4-14,24H,3,15-16H2,1-2H3/t24-/m1/s1. The maximum Gasteiger partial charge on any atom is 0.220 e. The lowest BCUT2D eigenvalue weighted by atomic mass is 10.1. The summed E-state index contributed by atoms with van der Waals surface area (Å²) in [6.45, 7) is 4.09. The third kappa shape index (κ3) is 6.82. The van der Waals surface area contributed by atoms with Crippen molar-refractivity contribution in [2.75, 3.05) is 13.2 Å². The predicted molar refractivity (Wildman–Crippen MR) is 148 cm³/mol. The molecule has 0 bridgehead atoms. The van der Waals surface area contributed by atoms with Gasteiger partial charge in [0, 0.05) is 15.6 Å². The highest BCUT2D eigenvalue weighted by atomic mass is 79.9. The molecule has 1 aromatic heterocycles. The van der Waals surface area contributed by atoms with Gasteiger partial charge in [0.15, 0.2) is 16.7 Å². The predicted octanol–water partition coefficient (Wildman–Crippen LogP) is 7.08. The maximum atomic E-state index is 11.7. The molecule has 4 rings (SSSR count). The van der Waals surface area contributed by atoms with Crippen LogP contribution in [0.25, 0.3) is 5.69 Å². The zero-order valence-corrected chi connectivity index (χ0v) is 23.3. The third-order valence-corrected chi connectivity index (χ3v) is 7.35. The van der Waals surface area contributed by atoms with Gasteiger partial charge in [0.25, 0.3) is 0 Å². The van der Waals surface area contributed by atoms with Gasteiger partial charge in [-0.1, -0.05) is 53.7 Å². The van der Waals surface area contributed by atoms with Crippen LogP contribution in [0.5, 0.6) is 11.5 Å². The highest BCUT2D eigenvalue weighted by Gasteiger charge is 2.26. The van der Waals surface area contributed by atoms with E-state index in [9.17, 15) is 10.1 Å². The Hall–Kier alpha value is -3.08. The Balaban J connectivity index is 1.67. The number of hydrogen-bond donors (Lipinski definition) is 0. The molecule has 3 aromatic carbocycles. The first-order chi connectivity index (χ1) is 17.9. The number of thioether (sulfide) groups is 1. The summed E-state index contributed by atoms with van der Waals surface area (Å²) in [6.07, 6.45) is 0.